The molecule has 1 heterocycles. The fourth-order valence-corrected chi connectivity index (χ4v) is 1.69. The van der Waals surface area contributed by atoms with Crippen LogP contribution in [0.15, 0.2) is 18.2 Å². The second-order valence-electron chi connectivity index (χ2n) is 4.85. The summed E-state index contributed by atoms with van der Waals surface area (Å²) in [5, 5.41) is 5.69. The molecule has 2 N–H and O–H groups in total. The van der Waals surface area contributed by atoms with E-state index in [1.54, 1.807) is 19.1 Å². The Labute approximate surface area is 106 Å². The number of anilines is 1. The maximum atomic E-state index is 13.3. The fraction of sp³-hybridized carbons (Fsp3) is 0.462. The molecule has 1 aliphatic rings. The summed E-state index contributed by atoms with van der Waals surface area (Å²) in [4.78, 5) is 11.6. The molecule has 1 aliphatic heterocycles. The minimum Gasteiger partial charge on any atom is -0.363 e. The van der Waals surface area contributed by atoms with Crippen LogP contribution in [0.3, 0.4) is 0 Å². The van der Waals surface area contributed by atoms with E-state index in [1.165, 1.54) is 6.07 Å². The molecule has 98 valence electrons. The number of hydrogen-bond donors (Lipinski definition) is 2. The van der Waals surface area contributed by atoms with Crippen molar-refractivity contribution in [2.45, 2.75) is 19.4 Å². The Morgan fingerprint density at radius 2 is 2.28 bits per heavy atom. The van der Waals surface area contributed by atoms with E-state index in [9.17, 15) is 9.18 Å². The van der Waals surface area contributed by atoms with E-state index in [-0.39, 0.29) is 23.9 Å². The van der Waals surface area contributed by atoms with E-state index in [1.807, 2.05) is 6.92 Å². The Morgan fingerprint density at radius 3 is 2.83 bits per heavy atom. The zero-order valence-electron chi connectivity index (χ0n) is 10.5. The van der Waals surface area contributed by atoms with E-state index < -0.39 is 0 Å². The molecule has 1 aromatic carbocycles. The van der Waals surface area contributed by atoms with Gasteiger partial charge >= 0.3 is 0 Å². The maximum absolute atomic E-state index is 13.3. The number of aryl methyl sites for hydroxylation is 1. The topological polar surface area (TPSA) is 50.4 Å². The molecule has 4 nitrogen and oxygen atoms in total. The summed E-state index contributed by atoms with van der Waals surface area (Å²) in [6.45, 7) is 5.10. The first-order chi connectivity index (χ1) is 8.48. The minimum atomic E-state index is -0.330. The van der Waals surface area contributed by atoms with Gasteiger partial charge in [-0.2, -0.15) is 0 Å². The lowest BCUT2D eigenvalue weighted by Gasteiger charge is -2.38. The van der Waals surface area contributed by atoms with Crippen molar-refractivity contribution in [2.75, 3.05) is 25.0 Å². The molecule has 0 bridgehead atoms. The van der Waals surface area contributed by atoms with Crippen LogP contribution in [-0.2, 0) is 9.53 Å². The second-order valence-corrected chi connectivity index (χ2v) is 4.85. The summed E-state index contributed by atoms with van der Waals surface area (Å²) in [5.74, 6) is -0.602. The van der Waals surface area contributed by atoms with Gasteiger partial charge in [-0.25, -0.2) is 4.39 Å². The Bertz CT molecular complexity index is 458. The number of rotatable bonds is 4. The predicted molar refractivity (Wildman–Crippen MR) is 67.0 cm³/mol. The standard InChI is InChI=1S/C13H17FN2O2/c1-9-3-4-10(5-11(9)14)16-12(17)6-18-13(2)7-15-8-13/h3-5,15H,6-8H2,1-2H3,(H,16,17). The van der Waals surface area contributed by atoms with E-state index in [0.29, 0.717) is 11.3 Å². The highest BCUT2D eigenvalue weighted by Crippen LogP contribution is 2.16. The lowest BCUT2D eigenvalue weighted by Crippen LogP contribution is -2.59. The molecule has 0 aromatic heterocycles. The van der Waals surface area contributed by atoms with E-state index in [0.717, 1.165) is 13.1 Å². The number of halogens is 1. The Morgan fingerprint density at radius 1 is 1.56 bits per heavy atom. The number of nitrogens with one attached hydrogen (secondary N) is 2. The van der Waals surface area contributed by atoms with Gasteiger partial charge in [0, 0.05) is 18.8 Å². The van der Waals surface area contributed by atoms with Crippen molar-refractivity contribution in [1.82, 2.24) is 5.32 Å². The second kappa shape index (κ2) is 5.04. The van der Waals surface area contributed by atoms with Crippen molar-refractivity contribution >= 4 is 11.6 Å². The third kappa shape index (κ3) is 3.05. The third-order valence-corrected chi connectivity index (χ3v) is 3.01. The van der Waals surface area contributed by atoms with Crippen LogP contribution in [0.5, 0.6) is 0 Å². The molecule has 0 spiro atoms. The average molecular weight is 252 g/mol. The van der Waals surface area contributed by atoms with Crippen LogP contribution in [0, 0.1) is 12.7 Å². The molecule has 5 heteroatoms. The van der Waals surface area contributed by atoms with Gasteiger partial charge < -0.3 is 15.4 Å². The zero-order chi connectivity index (χ0) is 13.2. The SMILES string of the molecule is Cc1ccc(NC(=O)COC2(C)CNC2)cc1F. The minimum absolute atomic E-state index is 0.0202. The van der Waals surface area contributed by atoms with Crippen molar-refractivity contribution < 1.29 is 13.9 Å². The molecule has 1 amide bonds. The summed E-state index contributed by atoms with van der Waals surface area (Å²) in [6, 6.07) is 4.60. The highest BCUT2D eigenvalue weighted by molar-refractivity contribution is 5.91. The highest BCUT2D eigenvalue weighted by atomic mass is 19.1. The molecular weight excluding hydrogens is 235 g/mol. The van der Waals surface area contributed by atoms with Gasteiger partial charge in [-0.05, 0) is 31.5 Å². The lowest BCUT2D eigenvalue weighted by atomic mass is 10.0. The maximum Gasteiger partial charge on any atom is 0.250 e. The molecule has 2 rings (SSSR count). The van der Waals surface area contributed by atoms with Crippen LogP contribution in [-0.4, -0.2) is 31.2 Å². The van der Waals surface area contributed by atoms with Gasteiger partial charge in [-0.15, -0.1) is 0 Å². The van der Waals surface area contributed by atoms with Gasteiger partial charge in [0.1, 0.15) is 12.4 Å². The predicted octanol–water partition coefficient (Wildman–Crippen LogP) is 1.45. The lowest BCUT2D eigenvalue weighted by molar-refractivity contribution is -0.130. The van der Waals surface area contributed by atoms with Gasteiger partial charge in [-0.3, -0.25) is 4.79 Å². The third-order valence-electron chi connectivity index (χ3n) is 3.01. The Hall–Kier alpha value is -1.46. The monoisotopic (exact) mass is 252 g/mol. The Kier molecular flexibility index (Phi) is 3.63. The van der Waals surface area contributed by atoms with Crippen molar-refractivity contribution in [3.05, 3.63) is 29.6 Å². The fourth-order valence-electron chi connectivity index (χ4n) is 1.69. The molecule has 1 aromatic rings. The van der Waals surface area contributed by atoms with Gasteiger partial charge in [-0.1, -0.05) is 6.07 Å². The van der Waals surface area contributed by atoms with Crippen LogP contribution in [0.1, 0.15) is 12.5 Å². The number of ether oxygens (including phenoxy) is 1. The molecule has 1 saturated heterocycles. The summed E-state index contributed by atoms with van der Waals surface area (Å²) >= 11 is 0. The summed E-state index contributed by atoms with van der Waals surface area (Å²) in [5.41, 5.74) is 0.747. The first kappa shape index (κ1) is 13.0. The van der Waals surface area contributed by atoms with Crippen molar-refractivity contribution in [3.63, 3.8) is 0 Å². The van der Waals surface area contributed by atoms with E-state index in [2.05, 4.69) is 10.6 Å². The van der Waals surface area contributed by atoms with Crippen LogP contribution < -0.4 is 10.6 Å². The molecular formula is C13H17FN2O2. The normalized spacial score (nSPS) is 17.1. The number of carbonyl (C=O) groups is 1. The van der Waals surface area contributed by atoms with Gasteiger partial charge in [0.2, 0.25) is 5.91 Å². The number of amides is 1. The van der Waals surface area contributed by atoms with Crippen LogP contribution >= 0.6 is 0 Å². The quantitative estimate of drug-likeness (QED) is 0.852. The summed E-state index contributed by atoms with van der Waals surface area (Å²) in [6.07, 6.45) is 0. The number of carbonyl (C=O) groups excluding carboxylic acids is 1. The number of benzene rings is 1. The van der Waals surface area contributed by atoms with Crippen molar-refractivity contribution in [1.29, 1.82) is 0 Å². The first-order valence-electron chi connectivity index (χ1n) is 5.89. The highest BCUT2D eigenvalue weighted by Gasteiger charge is 2.32. The van der Waals surface area contributed by atoms with Crippen LogP contribution in [0.4, 0.5) is 10.1 Å². The van der Waals surface area contributed by atoms with E-state index >= 15 is 0 Å². The van der Waals surface area contributed by atoms with Crippen molar-refractivity contribution in [2.24, 2.45) is 0 Å². The summed E-state index contributed by atoms with van der Waals surface area (Å²) < 4.78 is 18.8. The first-order valence-corrected chi connectivity index (χ1v) is 5.89. The molecule has 0 atom stereocenters. The molecule has 0 radical (unpaired) electrons. The van der Waals surface area contributed by atoms with Crippen LogP contribution in [0.25, 0.3) is 0 Å². The van der Waals surface area contributed by atoms with Gasteiger partial charge in [0.25, 0.3) is 0 Å². The molecule has 0 aliphatic carbocycles. The Balaban J connectivity index is 1.85. The average Bonchev–Trinajstić information content (AvgIpc) is 2.29. The van der Waals surface area contributed by atoms with Gasteiger partial charge in [0.05, 0.1) is 5.60 Å². The zero-order valence-corrected chi connectivity index (χ0v) is 10.5. The molecule has 1 fully saturated rings. The molecule has 0 saturated carbocycles. The largest absolute Gasteiger partial charge is 0.363 e. The van der Waals surface area contributed by atoms with Crippen LogP contribution in [0.2, 0.25) is 0 Å². The van der Waals surface area contributed by atoms with E-state index in [4.69, 9.17) is 4.74 Å². The number of hydrogen-bond acceptors (Lipinski definition) is 3. The molecule has 18 heavy (non-hydrogen) atoms. The van der Waals surface area contributed by atoms with Gasteiger partial charge in [0.15, 0.2) is 0 Å². The smallest absolute Gasteiger partial charge is 0.250 e. The molecule has 0 unspecified atom stereocenters. The summed E-state index contributed by atoms with van der Waals surface area (Å²) in [7, 11) is 0. The van der Waals surface area contributed by atoms with Crippen molar-refractivity contribution in [3.8, 4) is 0 Å².